The molecule has 0 atom stereocenters. The number of hydrogen-bond acceptors (Lipinski definition) is 2. The van der Waals surface area contributed by atoms with Gasteiger partial charge in [0.25, 0.3) is 0 Å². The Labute approximate surface area is 258 Å². The van der Waals surface area contributed by atoms with Crippen LogP contribution in [0, 0.1) is 0 Å². The van der Waals surface area contributed by atoms with Gasteiger partial charge >= 0.3 is 23.1 Å². The first-order valence-electron chi connectivity index (χ1n) is 13.2. The van der Waals surface area contributed by atoms with Crippen molar-refractivity contribution in [2.24, 2.45) is 9.98 Å². The van der Waals surface area contributed by atoms with E-state index in [9.17, 15) is 0 Å². The quantitative estimate of drug-likeness (QED) is 0.182. The zero-order valence-corrected chi connectivity index (χ0v) is 24.8. The Balaban J connectivity index is 0.000000184. The fourth-order valence-corrected chi connectivity index (χ4v) is 4.46. The van der Waals surface area contributed by atoms with Crippen LogP contribution >= 0.6 is 0 Å². The summed E-state index contributed by atoms with van der Waals surface area (Å²) in [5.41, 5.74) is 6.48. The molecule has 6 rings (SSSR count). The van der Waals surface area contributed by atoms with Crippen molar-refractivity contribution in [1.29, 1.82) is 0 Å². The van der Waals surface area contributed by atoms with Crippen LogP contribution in [0.4, 0.5) is 0 Å². The molecule has 0 saturated heterocycles. The first kappa shape index (κ1) is 29.5. The van der Waals surface area contributed by atoms with E-state index in [2.05, 4.69) is 106 Å². The van der Waals surface area contributed by atoms with Crippen LogP contribution in [-0.4, -0.2) is 34.5 Å². The molecule has 2 aliphatic rings. The third kappa shape index (κ3) is 7.81. The maximum absolute atomic E-state index is 4.58. The molecule has 0 bridgehead atoms. The van der Waals surface area contributed by atoms with Crippen molar-refractivity contribution in [2.45, 2.75) is 13.8 Å². The molecule has 4 nitrogen and oxygen atoms in total. The Morgan fingerprint density at radius 3 is 1.29 bits per heavy atom. The van der Waals surface area contributed by atoms with Crippen LogP contribution in [0.1, 0.15) is 25.0 Å². The Morgan fingerprint density at radius 2 is 0.878 bits per heavy atom. The minimum Gasteiger partial charge on any atom is -0.670 e. The molecule has 0 amide bonds. The van der Waals surface area contributed by atoms with Crippen molar-refractivity contribution in [3.05, 3.63) is 179 Å². The molecule has 0 radical (unpaired) electrons. The molecule has 0 N–H and O–H groups in total. The molecule has 4 aromatic carbocycles. The topological polar surface area (TPSA) is 52.9 Å². The van der Waals surface area contributed by atoms with E-state index in [0.29, 0.717) is 0 Å². The maximum Gasteiger partial charge on any atom is 2.00 e. The second-order valence-electron chi connectivity index (χ2n) is 9.30. The minimum atomic E-state index is 0. The predicted molar refractivity (Wildman–Crippen MR) is 178 cm³/mol. The van der Waals surface area contributed by atoms with Crippen molar-refractivity contribution < 1.29 is 0 Å². The summed E-state index contributed by atoms with van der Waals surface area (Å²) in [4.78, 5) is 9.16. The van der Waals surface area contributed by atoms with Crippen molar-refractivity contribution in [3.63, 3.8) is 0 Å². The van der Waals surface area contributed by atoms with Gasteiger partial charge in [-0.15, -0.1) is 0 Å². The Hall–Kier alpha value is -4.45. The standard InChI is InChI=1S/2C18H15N2.Mg/c2*1-14(20-13-15-9-11-19-12-10-15)17-8-4-6-16-5-2-3-7-18(16)17;/h2*2-13H,1H3;/q2*-1;+2. The van der Waals surface area contributed by atoms with Crippen molar-refractivity contribution in [1.82, 2.24) is 0 Å². The Kier molecular flexibility index (Phi) is 10.7. The minimum absolute atomic E-state index is 0. The monoisotopic (exact) mass is 542 g/mol. The largest absolute Gasteiger partial charge is 2.00 e. The summed E-state index contributed by atoms with van der Waals surface area (Å²) in [6.07, 6.45) is 18.6. The number of fused-ring (bicyclic) bond motifs is 2. The van der Waals surface area contributed by atoms with Gasteiger partial charge in [0.05, 0.1) is 0 Å². The van der Waals surface area contributed by atoms with Gasteiger partial charge in [0, 0.05) is 35.0 Å². The van der Waals surface area contributed by atoms with E-state index in [4.69, 9.17) is 0 Å². The Bertz CT molecular complexity index is 1600. The molecule has 0 aliphatic carbocycles. The van der Waals surface area contributed by atoms with Gasteiger partial charge in [-0.05, 0) is 46.5 Å². The van der Waals surface area contributed by atoms with Crippen molar-refractivity contribution in [3.8, 4) is 0 Å². The van der Waals surface area contributed by atoms with E-state index in [1.807, 2.05) is 50.6 Å². The van der Waals surface area contributed by atoms with Crippen molar-refractivity contribution >= 4 is 56.0 Å². The molecular weight excluding hydrogens is 513 g/mol. The molecule has 4 aromatic rings. The molecule has 41 heavy (non-hydrogen) atoms. The van der Waals surface area contributed by atoms with E-state index in [0.717, 1.165) is 22.6 Å². The summed E-state index contributed by atoms with van der Waals surface area (Å²) in [7, 11) is 0. The summed E-state index contributed by atoms with van der Waals surface area (Å²) in [5.74, 6) is 0. The Morgan fingerprint density at radius 1 is 0.512 bits per heavy atom. The number of hydrogen-bond donors (Lipinski definition) is 0. The summed E-state index contributed by atoms with van der Waals surface area (Å²) < 4.78 is 0. The number of rotatable bonds is 4. The molecule has 0 spiro atoms. The van der Waals surface area contributed by atoms with Crippen LogP contribution in [0.3, 0.4) is 0 Å². The van der Waals surface area contributed by atoms with Gasteiger partial charge < -0.3 is 10.6 Å². The first-order chi connectivity index (χ1) is 19.7. The number of nitrogens with zero attached hydrogens (tertiary/aromatic N) is 4. The van der Waals surface area contributed by atoms with Gasteiger partial charge in [0.15, 0.2) is 0 Å². The van der Waals surface area contributed by atoms with Crippen molar-refractivity contribution in [2.75, 3.05) is 0 Å². The number of allylic oxidation sites excluding steroid dienone is 6. The summed E-state index contributed by atoms with van der Waals surface area (Å²) in [5, 5.41) is 13.0. The zero-order chi connectivity index (χ0) is 27.6. The molecule has 0 saturated carbocycles. The number of benzene rings is 4. The normalized spacial score (nSPS) is 14.1. The van der Waals surface area contributed by atoms with Gasteiger partial charge in [-0.3, -0.25) is 9.98 Å². The van der Waals surface area contributed by atoms with Crippen LogP contribution in [-0.2, 0) is 0 Å². The van der Waals surface area contributed by atoms with Crippen LogP contribution < -0.4 is 0 Å². The number of aliphatic imine (C=N–C) groups is 2. The summed E-state index contributed by atoms with van der Waals surface area (Å²) >= 11 is 0. The third-order valence-electron chi connectivity index (χ3n) is 6.59. The molecule has 0 aromatic heterocycles. The van der Waals surface area contributed by atoms with E-state index < -0.39 is 0 Å². The maximum atomic E-state index is 4.58. The molecule has 0 unspecified atom stereocenters. The molecule has 2 heterocycles. The molecule has 196 valence electrons. The smallest absolute Gasteiger partial charge is 0.670 e. The fraction of sp³-hybridized carbons (Fsp3) is 0.0556. The van der Waals surface area contributed by atoms with Gasteiger partial charge in [-0.25, -0.2) is 0 Å². The second kappa shape index (κ2) is 14.8. The SMILES string of the molecule is CC(=NC=C1C=C[N-]C=C1)c1cccc2ccccc12.CC(=NC=C1C=C[N-]C=C1)c1cccc2ccccc12.[Mg+2]. The van der Waals surface area contributed by atoms with Gasteiger partial charge in [0.2, 0.25) is 0 Å². The summed E-state index contributed by atoms with van der Waals surface area (Å²) in [6, 6.07) is 29.4. The van der Waals surface area contributed by atoms with Crippen LogP contribution in [0.2, 0.25) is 0 Å². The van der Waals surface area contributed by atoms with E-state index >= 15 is 0 Å². The zero-order valence-electron chi connectivity index (χ0n) is 23.4. The predicted octanol–water partition coefficient (Wildman–Crippen LogP) is 9.51. The van der Waals surface area contributed by atoms with E-state index in [-0.39, 0.29) is 23.1 Å². The second-order valence-corrected chi connectivity index (χ2v) is 9.30. The van der Waals surface area contributed by atoms with Crippen LogP contribution in [0.25, 0.3) is 32.2 Å². The van der Waals surface area contributed by atoms with Crippen LogP contribution in [0.5, 0.6) is 0 Å². The average Bonchev–Trinajstić information content (AvgIpc) is 3.03. The van der Waals surface area contributed by atoms with Gasteiger partial charge in [0.1, 0.15) is 0 Å². The third-order valence-corrected chi connectivity index (χ3v) is 6.59. The molecule has 5 heteroatoms. The van der Waals surface area contributed by atoms with Gasteiger partial charge in [-0.2, -0.15) is 24.8 Å². The van der Waals surface area contributed by atoms with Crippen LogP contribution in [0.15, 0.2) is 168 Å². The molecule has 2 aliphatic heterocycles. The van der Waals surface area contributed by atoms with E-state index in [1.54, 1.807) is 24.8 Å². The fourth-order valence-electron chi connectivity index (χ4n) is 4.46. The van der Waals surface area contributed by atoms with E-state index in [1.165, 1.54) is 32.7 Å². The molecular formula is C36H30MgN4. The average molecular weight is 543 g/mol. The molecule has 0 fully saturated rings. The van der Waals surface area contributed by atoms with Gasteiger partial charge in [-0.1, -0.05) is 109 Å². The summed E-state index contributed by atoms with van der Waals surface area (Å²) in [6.45, 7) is 4.08. The first-order valence-corrected chi connectivity index (χ1v) is 13.2.